The predicted octanol–water partition coefficient (Wildman–Crippen LogP) is 4.56. The first-order valence-electron chi connectivity index (χ1n) is 7.99. The average molecular weight is 381 g/mol. The van der Waals surface area contributed by atoms with Crippen LogP contribution in [0.4, 0.5) is 5.13 Å². The van der Waals surface area contributed by atoms with Gasteiger partial charge in [-0.15, -0.1) is 11.3 Å². The second kappa shape index (κ2) is 8.45. The molecule has 0 aliphatic rings. The van der Waals surface area contributed by atoms with Crippen molar-refractivity contribution in [1.29, 1.82) is 0 Å². The maximum atomic E-state index is 12.7. The van der Waals surface area contributed by atoms with Crippen LogP contribution in [0.15, 0.2) is 29.6 Å². The van der Waals surface area contributed by atoms with Gasteiger partial charge in [0, 0.05) is 28.9 Å². The fraction of sp³-hybridized carbons (Fsp3) is 0.389. The summed E-state index contributed by atoms with van der Waals surface area (Å²) in [5.74, 6) is -1.52. The van der Waals surface area contributed by atoms with Crippen molar-refractivity contribution in [2.75, 3.05) is 11.9 Å². The van der Waals surface area contributed by atoms with Crippen LogP contribution in [-0.4, -0.2) is 29.0 Å². The van der Waals surface area contributed by atoms with Crippen LogP contribution < -0.4 is 4.90 Å². The Morgan fingerprint density at radius 2 is 2.00 bits per heavy atom. The van der Waals surface area contributed by atoms with Gasteiger partial charge in [-0.2, -0.15) is 0 Å². The third-order valence-corrected chi connectivity index (χ3v) is 5.03. The molecule has 0 fully saturated rings. The molecule has 2 aromatic rings. The highest BCUT2D eigenvalue weighted by molar-refractivity contribution is 7.14. The van der Waals surface area contributed by atoms with Crippen LogP contribution in [0, 0.1) is 11.8 Å². The Bertz CT molecular complexity index is 760. The third-order valence-electron chi connectivity index (χ3n) is 3.79. The van der Waals surface area contributed by atoms with Gasteiger partial charge >= 0.3 is 5.97 Å². The number of amides is 1. The Morgan fingerprint density at radius 3 is 2.60 bits per heavy atom. The zero-order valence-corrected chi connectivity index (χ0v) is 16.0. The molecular weight excluding hydrogens is 360 g/mol. The van der Waals surface area contributed by atoms with Crippen molar-refractivity contribution < 1.29 is 14.7 Å². The normalized spacial score (nSPS) is 12.2. The summed E-state index contributed by atoms with van der Waals surface area (Å²) in [6.07, 6.45) is 0.350. The quantitative estimate of drug-likeness (QED) is 0.764. The first-order chi connectivity index (χ1) is 11.8. The standard InChI is InChI=1S/C18H21ClN2O3S/c1-11(2)8-12(9-16(22)23)17(24)21(3)18-20-15(10-25-18)13-6-4-5-7-14(13)19/h4-7,10-12H,8-9H2,1-3H3,(H,22,23). The molecule has 7 heteroatoms. The molecule has 1 aromatic heterocycles. The van der Waals surface area contributed by atoms with Crippen molar-refractivity contribution in [2.45, 2.75) is 26.7 Å². The second-order valence-corrected chi connectivity index (χ2v) is 7.56. The van der Waals surface area contributed by atoms with Crippen molar-refractivity contribution >= 4 is 39.9 Å². The van der Waals surface area contributed by atoms with Crippen molar-refractivity contribution in [3.8, 4) is 11.3 Å². The van der Waals surface area contributed by atoms with Gasteiger partial charge in [0.05, 0.1) is 12.1 Å². The van der Waals surface area contributed by atoms with E-state index in [9.17, 15) is 9.59 Å². The van der Waals surface area contributed by atoms with Crippen LogP contribution >= 0.6 is 22.9 Å². The number of thiazole rings is 1. The van der Waals surface area contributed by atoms with E-state index in [-0.39, 0.29) is 18.2 Å². The summed E-state index contributed by atoms with van der Waals surface area (Å²) in [5.41, 5.74) is 1.50. The molecule has 1 N–H and O–H groups in total. The molecule has 1 amide bonds. The summed E-state index contributed by atoms with van der Waals surface area (Å²) in [6, 6.07) is 7.38. The molecule has 0 aliphatic heterocycles. The fourth-order valence-electron chi connectivity index (χ4n) is 2.63. The molecule has 1 unspecified atom stereocenters. The molecule has 1 atom stereocenters. The molecule has 0 saturated carbocycles. The summed E-state index contributed by atoms with van der Waals surface area (Å²) in [7, 11) is 1.63. The number of anilines is 1. The highest BCUT2D eigenvalue weighted by Gasteiger charge is 2.27. The Morgan fingerprint density at radius 1 is 1.32 bits per heavy atom. The van der Waals surface area contributed by atoms with Crippen molar-refractivity contribution in [2.24, 2.45) is 11.8 Å². The number of carbonyl (C=O) groups is 2. The Labute approximate surface area is 156 Å². The van der Waals surface area contributed by atoms with Crippen molar-refractivity contribution in [3.63, 3.8) is 0 Å². The number of hydrogen-bond acceptors (Lipinski definition) is 4. The number of carboxylic acids is 1. The fourth-order valence-corrected chi connectivity index (χ4v) is 3.66. The molecule has 0 radical (unpaired) electrons. The van der Waals surface area contributed by atoms with Gasteiger partial charge in [0.2, 0.25) is 5.91 Å². The number of benzene rings is 1. The SMILES string of the molecule is CC(C)CC(CC(=O)O)C(=O)N(C)c1nc(-c2ccccc2Cl)cs1. The number of hydrogen-bond donors (Lipinski definition) is 1. The van der Waals surface area contributed by atoms with Crippen LogP contribution in [0.5, 0.6) is 0 Å². The van der Waals surface area contributed by atoms with Gasteiger partial charge in [0.25, 0.3) is 0 Å². The number of aliphatic carboxylic acids is 1. The van der Waals surface area contributed by atoms with Crippen molar-refractivity contribution in [3.05, 3.63) is 34.7 Å². The van der Waals surface area contributed by atoms with Gasteiger partial charge in [-0.25, -0.2) is 4.98 Å². The lowest BCUT2D eigenvalue weighted by Gasteiger charge is -2.22. The van der Waals surface area contributed by atoms with Gasteiger partial charge in [-0.05, 0) is 18.4 Å². The highest BCUT2D eigenvalue weighted by Crippen LogP contribution is 2.32. The van der Waals surface area contributed by atoms with Gasteiger partial charge in [0.1, 0.15) is 0 Å². The molecule has 0 bridgehead atoms. The molecular formula is C18H21ClN2O3S. The van der Waals surface area contributed by atoms with E-state index in [1.807, 2.05) is 37.4 Å². The zero-order valence-electron chi connectivity index (χ0n) is 14.4. The van der Waals surface area contributed by atoms with Crippen LogP contribution in [0.2, 0.25) is 5.02 Å². The topological polar surface area (TPSA) is 70.5 Å². The number of carbonyl (C=O) groups excluding carboxylic acids is 1. The minimum absolute atomic E-state index is 0.176. The molecule has 0 aliphatic carbocycles. The molecule has 5 nitrogen and oxygen atoms in total. The van der Waals surface area contributed by atoms with E-state index in [1.54, 1.807) is 13.1 Å². The number of halogens is 1. The maximum Gasteiger partial charge on any atom is 0.304 e. The average Bonchev–Trinajstić information content (AvgIpc) is 3.02. The van der Waals surface area contributed by atoms with E-state index in [0.29, 0.717) is 22.3 Å². The number of aromatic nitrogens is 1. The Hall–Kier alpha value is -1.92. The molecule has 134 valence electrons. The highest BCUT2D eigenvalue weighted by atomic mass is 35.5. The van der Waals surface area contributed by atoms with Gasteiger partial charge in [-0.3, -0.25) is 14.5 Å². The van der Waals surface area contributed by atoms with Crippen LogP contribution in [0.3, 0.4) is 0 Å². The molecule has 1 aromatic carbocycles. The summed E-state index contributed by atoms with van der Waals surface area (Å²) >= 11 is 7.53. The zero-order chi connectivity index (χ0) is 18.6. The van der Waals surface area contributed by atoms with Crippen LogP contribution in [0.1, 0.15) is 26.7 Å². The van der Waals surface area contributed by atoms with Crippen LogP contribution in [-0.2, 0) is 9.59 Å². The molecule has 0 saturated heterocycles. The first-order valence-corrected chi connectivity index (χ1v) is 9.25. The Balaban J connectivity index is 2.21. The van der Waals surface area contributed by atoms with Gasteiger partial charge < -0.3 is 5.11 Å². The predicted molar refractivity (Wildman–Crippen MR) is 101 cm³/mol. The lowest BCUT2D eigenvalue weighted by atomic mass is 9.93. The second-order valence-electron chi connectivity index (χ2n) is 6.32. The third kappa shape index (κ3) is 5.03. The minimum Gasteiger partial charge on any atom is -0.481 e. The van der Waals surface area contributed by atoms with E-state index in [1.165, 1.54) is 16.2 Å². The number of nitrogens with zero attached hydrogens (tertiary/aromatic N) is 2. The summed E-state index contributed by atoms with van der Waals surface area (Å²) in [5, 5.41) is 12.0. The van der Waals surface area contributed by atoms with E-state index >= 15 is 0 Å². The summed E-state index contributed by atoms with van der Waals surface area (Å²) < 4.78 is 0. The van der Waals surface area contributed by atoms with E-state index in [0.717, 1.165) is 5.56 Å². The number of carboxylic acid groups (broad SMARTS) is 1. The minimum atomic E-state index is -0.969. The molecule has 2 rings (SSSR count). The van der Waals surface area contributed by atoms with Gasteiger partial charge in [0.15, 0.2) is 5.13 Å². The molecule has 25 heavy (non-hydrogen) atoms. The van der Waals surface area contributed by atoms with E-state index in [2.05, 4.69) is 4.98 Å². The van der Waals surface area contributed by atoms with E-state index in [4.69, 9.17) is 16.7 Å². The largest absolute Gasteiger partial charge is 0.481 e. The van der Waals surface area contributed by atoms with E-state index < -0.39 is 11.9 Å². The smallest absolute Gasteiger partial charge is 0.304 e. The molecule has 1 heterocycles. The first kappa shape index (κ1) is 19.4. The summed E-state index contributed by atoms with van der Waals surface area (Å²) in [6.45, 7) is 3.95. The van der Waals surface area contributed by atoms with Gasteiger partial charge in [-0.1, -0.05) is 43.6 Å². The number of rotatable bonds is 7. The monoisotopic (exact) mass is 380 g/mol. The van der Waals surface area contributed by atoms with Crippen molar-refractivity contribution in [1.82, 2.24) is 4.98 Å². The van der Waals surface area contributed by atoms with Crippen LogP contribution in [0.25, 0.3) is 11.3 Å². The summed E-state index contributed by atoms with van der Waals surface area (Å²) in [4.78, 5) is 29.8. The lowest BCUT2D eigenvalue weighted by molar-refractivity contribution is -0.140. The molecule has 0 spiro atoms. The maximum absolute atomic E-state index is 12.7. The lowest BCUT2D eigenvalue weighted by Crippen LogP contribution is -2.34. The Kier molecular flexibility index (Phi) is 6.56.